The lowest BCUT2D eigenvalue weighted by atomic mass is 9.87. The third-order valence-electron chi connectivity index (χ3n) is 5.85. The number of carbonyl (C=O) groups excluding carboxylic acids is 2. The molecule has 1 N–H and O–H groups in total. The molecule has 0 unspecified atom stereocenters. The summed E-state index contributed by atoms with van der Waals surface area (Å²) >= 11 is 0. The average Bonchev–Trinajstić information content (AvgIpc) is 2.79. The van der Waals surface area contributed by atoms with Crippen LogP contribution < -0.4 is 5.32 Å². The van der Waals surface area contributed by atoms with E-state index in [1.54, 1.807) is 0 Å². The zero-order valence-corrected chi connectivity index (χ0v) is 19.2. The minimum atomic E-state index is -0.148. The van der Waals surface area contributed by atoms with Gasteiger partial charge in [0.1, 0.15) is 0 Å². The van der Waals surface area contributed by atoms with E-state index >= 15 is 0 Å². The molecule has 0 radical (unpaired) electrons. The summed E-state index contributed by atoms with van der Waals surface area (Å²) in [4.78, 5) is 29.1. The molecule has 3 rings (SSSR count). The normalized spacial score (nSPS) is 14.6. The second kappa shape index (κ2) is 10.4. The quantitative estimate of drug-likeness (QED) is 0.760. The van der Waals surface area contributed by atoms with Crippen molar-refractivity contribution >= 4 is 11.8 Å². The molecule has 1 fully saturated rings. The zero-order valence-electron chi connectivity index (χ0n) is 19.2. The van der Waals surface area contributed by atoms with Crippen LogP contribution in [-0.2, 0) is 16.8 Å². The molecule has 32 heavy (non-hydrogen) atoms. The van der Waals surface area contributed by atoms with Crippen molar-refractivity contribution in [1.29, 1.82) is 5.26 Å². The van der Waals surface area contributed by atoms with Gasteiger partial charge in [0, 0.05) is 51.3 Å². The Labute approximate surface area is 190 Å². The molecule has 0 atom stereocenters. The molecule has 1 aliphatic heterocycles. The molecule has 2 amide bonds. The van der Waals surface area contributed by atoms with Crippen LogP contribution in [0.15, 0.2) is 48.5 Å². The third kappa shape index (κ3) is 6.41. The summed E-state index contributed by atoms with van der Waals surface area (Å²) in [5, 5.41) is 11.8. The Hall–Kier alpha value is -3.17. The van der Waals surface area contributed by atoms with E-state index in [2.05, 4.69) is 37.1 Å². The van der Waals surface area contributed by atoms with Gasteiger partial charge in [-0.3, -0.25) is 14.5 Å². The second-order valence-electron chi connectivity index (χ2n) is 9.30. The van der Waals surface area contributed by atoms with E-state index in [4.69, 9.17) is 5.26 Å². The predicted molar refractivity (Wildman–Crippen MR) is 125 cm³/mol. The Morgan fingerprint density at radius 1 is 0.969 bits per heavy atom. The highest BCUT2D eigenvalue weighted by Gasteiger charge is 2.21. The first-order valence-corrected chi connectivity index (χ1v) is 11.1. The number of nitrogens with zero attached hydrogens (tertiary/aromatic N) is 3. The number of nitriles is 1. The largest absolute Gasteiger partial charge is 0.352 e. The first-order chi connectivity index (χ1) is 15.3. The van der Waals surface area contributed by atoms with Gasteiger partial charge < -0.3 is 10.2 Å². The van der Waals surface area contributed by atoms with Crippen LogP contribution in [0.3, 0.4) is 0 Å². The monoisotopic (exact) mass is 432 g/mol. The summed E-state index contributed by atoms with van der Waals surface area (Å²) in [6.07, 6.45) is 0.307. The molecule has 168 valence electrons. The molecule has 1 heterocycles. The highest BCUT2D eigenvalue weighted by Crippen LogP contribution is 2.22. The summed E-state index contributed by atoms with van der Waals surface area (Å²) in [5.41, 5.74) is 3.68. The Morgan fingerprint density at radius 3 is 2.16 bits per heavy atom. The van der Waals surface area contributed by atoms with Gasteiger partial charge in [-0.25, -0.2) is 0 Å². The molecule has 0 spiro atoms. The lowest BCUT2D eigenvalue weighted by Crippen LogP contribution is -2.48. The summed E-state index contributed by atoms with van der Waals surface area (Å²) < 4.78 is 0. The van der Waals surface area contributed by atoms with Gasteiger partial charge in [-0.1, -0.05) is 45.0 Å². The van der Waals surface area contributed by atoms with Gasteiger partial charge in [0.05, 0.1) is 11.6 Å². The van der Waals surface area contributed by atoms with Crippen molar-refractivity contribution in [2.24, 2.45) is 0 Å². The number of piperazine rings is 1. The fourth-order valence-corrected chi connectivity index (χ4v) is 3.76. The van der Waals surface area contributed by atoms with Crippen LogP contribution in [0.4, 0.5) is 0 Å². The van der Waals surface area contributed by atoms with Crippen LogP contribution in [0.5, 0.6) is 0 Å². The number of hydrogen-bond acceptors (Lipinski definition) is 4. The lowest BCUT2D eigenvalue weighted by molar-refractivity contribution is -0.132. The van der Waals surface area contributed by atoms with Gasteiger partial charge in [0.2, 0.25) is 5.91 Å². The van der Waals surface area contributed by atoms with Crippen LogP contribution in [0, 0.1) is 11.3 Å². The molecular formula is C26H32N4O2. The highest BCUT2D eigenvalue weighted by atomic mass is 16.2. The zero-order chi connectivity index (χ0) is 23.1. The SMILES string of the molecule is CC(C)(C)c1ccc(C(=O)NCCC(=O)N2CCN(Cc3ccc(C#N)cc3)CC2)cc1. The number of benzene rings is 2. The van der Waals surface area contributed by atoms with E-state index in [0.29, 0.717) is 37.2 Å². The predicted octanol–water partition coefficient (Wildman–Crippen LogP) is 3.32. The van der Waals surface area contributed by atoms with E-state index in [-0.39, 0.29) is 17.2 Å². The number of hydrogen-bond donors (Lipinski definition) is 1. The van der Waals surface area contributed by atoms with Crippen molar-refractivity contribution in [3.05, 3.63) is 70.8 Å². The topological polar surface area (TPSA) is 76.4 Å². The molecule has 2 aromatic rings. The summed E-state index contributed by atoms with van der Waals surface area (Å²) in [6, 6.07) is 17.4. The maximum Gasteiger partial charge on any atom is 0.251 e. The summed E-state index contributed by atoms with van der Waals surface area (Å²) in [7, 11) is 0. The third-order valence-corrected chi connectivity index (χ3v) is 5.85. The van der Waals surface area contributed by atoms with Crippen LogP contribution in [0.2, 0.25) is 0 Å². The number of nitrogens with one attached hydrogen (secondary N) is 1. The molecular weight excluding hydrogens is 400 g/mol. The highest BCUT2D eigenvalue weighted by molar-refractivity contribution is 5.94. The minimum Gasteiger partial charge on any atom is -0.352 e. The maximum absolute atomic E-state index is 12.5. The van der Waals surface area contributed by atoms with Crippen molar-refractivity contribution in [2.45, 2.75) is 39.2 Å². The van der Waals surface area contributed by atoms with E-state index in [0.717, 1.165) is 19.6 Å². The Balaban J connectivity index is 1.38. The molecule has 1 saturated heterocycles. The smallest absolute Gasteiger partial charge is 0.251 e. The summed E-state index contributed by atoms with van der Waals surface area (Å²) in [6.45, 7) is 10.6. The average molecular weight is 433 g/mol. The van der Waals surface area contributed by atoms with Gasteiger partial charge in [-0.2, -0.15) is 5.26 Å². The van der Waals surface area contributed by atoms with Gasteiger partial charge >= 0.3 is 0 Å². The van der Waals surface area contributed by atoms with E-state index in [9.17, 15) is 9.59 Å². The van der Waals surface area contributed by atoms with Gasteiger partial charge in [-0.05, 0) is 40.8 Å². The fraction of sp³-hybridized carbons (Fsp3) is 0.423. The van der Waals surface area contributed by atoms with E-state index < -0.39 is 0 Å². The second-order valence-corrected chi connectivity index (χ2v) is 9.30. The van der Waals surface area contributed by atoms with Crippen molar-refractivity contribution in [2.75, 3.05) is 32.7 Å². The molecule has 0 bridgehead atoms. The molecule has 1 aliphatic rings. The molecule has 0 aliphatic carbocycles. The van der Waals surface area contributed by atoms with Gasteiger partial charge in [-0.15, -0.1) is 0 Å². The van der Waals surface area contributed by atoms with Crippen molar-refractivity contribution in [3.8, 4) is 6.07 Å². The van der Waals surface area contributed by atoms with Crippen molar-refractivity contribution in [3.63, 3.8) is 0 Å². The first-order valence-electron chi connectivity index (χ1n) is 11.1. The van der Waals surface area contributed by atoms with Crippen molar-refractivity contribution < 1.29 is 9.59 Å². The lowest BCUT2D eigenvalue weighted by Gasteiger charge is -2.34. The Bertz CT molecular complexity index is 961. The van der Waals surface area contributed by atoms with Crippen LogP contribution in [0.1, 0.15) is 54.2 Å². The molecule has 6 nitrogen and oxygen atoms in total. The molecule has 6 heteroatoms. The Kier molecular flexibility index (Phi) is 7.66. The maximum atomic E-state index is 12.5. The van der Waals surface area contributed by atoms with Crippen LogP contribution >= 0.6 is 0 Å². The van der Waals surface area contributed by atoms with Crippen LogP contribution in [-0.4, -0.2) is 54.3 Å². The number of rotatable bonds is 6. The summed E-state index contributed by atoms with van der Waals surface area (Å²) in [5.74, 6) is -0.0723. The fourth-order valence-electron chi connectivity index (χ4n) is 3.76. The molecule has 0 saturated carbocycles. The van der Waals surface area contributed by atoms with E-state index in [1.807, 2.05) is 53.4 Å². The first kappa shape index (κ1) is 23.5. The number of amides is 2. The van der Waals surface area contributed by atoms with Crippen molar-refractivity contribution in [1.82, 2.24) is 15.1 Å². The van der Waals surface area contributed by atoms with Gasteiger partial charge in [0.15, 0.2) is 0 Å². The number of carbonyl (C=O) groups is 2. The molecule has 0 aromatic heterocycles. The molecule has 2 aromatic carbocycles. The Morgan fingerprint density at radius 2 is 1.59 bits per heavy atom. The van der Waals surface area contributed by atoms with Gasteiger partial charge in [0.25, 0.3) is 5.91 Å². The minimum absolute atomic E-state index is 0.0491. The van der Waals surface area contributed by atoms with Crippen LogP contribution in [0.25, 0.3) is 0 Å². The standard InChI is InChI=1S/C26H32N4O2/c1-26(2,3)23-10-8-22(9-11-23)25(32)28-13-12-24(31)30-16-14-29(15-17-30)19-21-6-4-20(18-27)5-7-21/h4-11H,12-17,19H2,1-3H3,(H,28,32). The van der Waals surface area contributed by atoms with E-state index in [1.165, 1.54) is 11.1 Å².